The van der Waals surface area contributed by atoms with Crippen molar-refractivity contribution >= 4 is 17.8 Å². The van der Waals surface area contributed by atoms with Gasteiger partial charge in [0.2, 0.25) is 17.8 Å². The first kappa shape index (κ1) is 19.2. The van der Waals surface area contributed by atoms with Crippen LogP contribution in [0.4, 0.5) is 5.95 Å². The Hall–Kier alpha value is -2.54. The molecule has 1 saturated carbocycles. The summed E-state index contributed by atoms with van der Waals surface area (Å²) >= 11 is 0. The standard InChI is InChI=1S/C24H29N5O2/c30-22-20-18-6-7-19(17-5-4-16(17)18)21(20)23(31)29(22)11-2-1-10-27-12-14-28(15-13-27)24-25-8-3-9-26-24/h3-9,16-21H,1-2,10-15H2/t16-,17+,18-,19+,20+,21-. The Balaban J connectivity index is 0.985. The van der Waals surface area contributed by atoms with Gasteiger partial charge >= 0.3 is 0 Å². The molecule has 2 bridgehead atoms. The third kappa shape index (κ3) is 3.04. The zero-order chi connectivity index (χ0) is 20.9. The van der Waals surface area contributed by atoms with Gasteiger partial charge in [-0.25, -0.2) is 9.97 Å². The third-order valence-electron chi connectivity index (χ3n) is 8.08. The molecule has 0 unspecified atom stereocenters. The Bertz CT molecular complexity index is 883. The first-order valence-electron chi connectivity index (χ1n) is 11.7. The molecule has 3 heterocycles. The van der Waals surface area contributed by atoms with Crippen LogP contribution in [0, 0.1) is 35.5 Å². The van der Waals surface area contributed by atoms with Crippen molar-refractivity contribution in [1.82, 2.24) is 19.8 Å². The molecule has 4 aliphatic carbocycles. The van der Waals surface area contributed by atoms with E-state index in [-0.39, 0.29) is 35.5 Å². The second kappa shape index (κ2) is 7.55. The highest BCUT2D eigenvalue weighted by molar-refractivity contribution is 6.06. The number of allylic oxidation sites excluding steroid dienone is 4. The summed E-state index contributed by atoms with van der Waals surface area (Å²) in [7, 11) is 0. The smallest absolute Gasteiger partial charge is 0.233 e. The van der Waals surface area contributed by atoms with Crippen molar-refractivity contribution in [2.45, 2.75) is 12.8 Å². The molecule has 7 nitrogen and oxygen atoms in total. The van der Waals surface area contributed by atoms with Gasteiger partial charge in [-0.3, -0.25) is 19.4 Å². The minimum Gasteiger partial charge on any atom is -0.338 e. The molecule has 1 aromatic heterocycles. The lowest BCUT2D eigenvalue weighted by Crippen LogP contribution is -2.50. The fraction of sp³-hybridized carbons (Fsp3) is 0.583. The molecule has 162 valence electrons. The van der Waals surface area contributed by atoms with Crippen molar-refractivity contribution < 1.29 is 9.59 Å². The van der Waals surface area contributed by atoms with Crippen molar-refractivity contribution in [2.24, 2.45) is 35.5 Å². The first-order valence-corrected chi connectivity index (χ1v) is 11.7. The number of nitrogens with zero attached hydrogens (tertiary/aromatic N) is 5. The Kier molecular flexibility index (Phi) is 4.67. The van der Waals surface area contributed by atoms with Gasteiger partial charge in [0.1, 0.15) is 0 Å². The summed E-state index contributed by atoms with van der Waals surface area (Å²) in [4.78, 5) is 41.2. The number of imide groups is 1. The van der Waals surface area contributed by atoms with Crippen LogP contribution in [-0.4, -0.2) is 70.9 Å². The van der Waals surface area contributed by atoms with Crippen molar-refractivity contribution in [3.05, 3.63) is 42.8 Å². The normalized spacial score (nSPS) is 36.0. The number of hydrogen-bond acceptors (Lipinski definition) is 6. The zero-order valence-electron chi connectivity index (χ0n) is 17.7. The van der Waals surface area contributed by atoms with Crippen molar-refractivity contribution in [3.63, 3.8) is 0 Å². The van der Waals surface area contributed by atoms with Gasteiger partial charge in [0.25, 0.3) is 0 Å². The predicted octanol–water partition coefficient (Wildman–Crippen LogP) is 1.60. The predicted molar refractivity (Wildman–Crippen MR) is 116 cm³/mol. The summed E-state index contributed by atoms with van der Waals surface area (Å²) in [6.45, 7) is 5.44. The van der Waals surface area contributed by atoms with E-state index in [9.17, 15) is 9.59 Å². The molecule has 6 aliphatic rings. The van der Waals surface area contributed by atoms with Crippen LogP contribution in [-0.2, 0) is 9.59 Å². The zero-order valence-corrected chi connectivity index (χ0v) is 17.7. The van der Waals surface area contributed by atoms with Crippen molar-refractivity contribution in [3.8, 4) is 0 Å². The lowest BCUT2D eigenvalue weighted by atomic mass is 9.50. The number of unbranched alkanes of at least 4 members (excludes halogenated alkanes) is 1. The molecule has 7 heteroatoms. The first-order chi connectivity index (χ1) is 15.2. The highest BCUT2D eigenvalue weighted by Gasteiger charge is 2.62. The minimum atomic E-state index is -0.109. The topological polar surface area (TPSA) is 69.6 Å². The number of aromatic nitrogens is 2. The number of amides is 2. The van der Waals surface area contributed by atoms with E-state index in [1.165, 1.54) is 0 Å². The molecular weight excluding hydrogens is 390 g/mol. The van der Waals surface area contributed by atoms with Gasteiger partial charge in [-0.15, -0.1) is 0 Å². The van der Waals surface area contributed by atoms with Crippen molar-refractivity contribution in [2.75, 3.05) is 44.2 Å². The van der Waals surface area contributed by atoms with Gasteiger partial charge in [0, 0.05) is 45.1 Å². The summed E-state index contributed by atoms with van der Waals surface area (Å²) in [5, 5.41) is 0. The second-order valence-corrected chi connectivity index (χ2v) is 9.54. The van der Waals surface area contributed by atoms with E-state index in [1.807, 2.05) is 6.07 Å². The van der Waals surface area contributed by atoms with Crippen molar-refractivity contribution in [1.29, 1.82) is 0 Å². The molecule has 0 N–H and O–H groups in total. The van der Waals surface area contributed by atoms with Gasteiger partial charge in [0.15, 0.2) is 0 Å². The maximum absolute atomic E-state index is 13.1. The van der Waals surface area contributed by atoms with E-state index < -0.39 is 0 Å². The van der Waals surface area contributed by atoms with Gasteiger partial charge in [-0.2, -0.15) is 0 Å². The lowest BCUT2D eigenvalue weighted by Gasteiger charge is -2.51. The van der Waals surface area contributed by atoms with Crippen LogP contribution < -0.4 is 4.90 Å². The van der Waals surface area contributed by atoms with Crippen LogP contribution in [0.15, 0.2) is 42.8 Å². The number of hydrogen-bond donors (Lipinski definition) is 0. The third-order valence-corrected chi connectivity index (χ3v) is 8.08. The summed E-state index contributed by atoms with van der Waals surface area (Å²) in [6, 6.07) is 1.84. The SMILES string of the molecule is O=C1[C@@H]2[C@H]3C=C[C@H]([C@@H]4C=C[C@@H]43)[C@@H]2C(=O)N1CCCCN1CCN(c2ncccn2)CC1. The molecule has 2 saturated heterocycles. The summed E-state index contributed by atoms with van der Waals surface area (Å²) in [6.07, 6.45) is 14.4. The van der Waals surface area contributed by atoms with E-state index >= 15 is 0 Å². The Morgan fingerprint density at radius 2 is 1.29 bits per heavy atom. The summed E-state index contributed by atoms with van der Waals surface area (Å²) in [5.41, 5.74) is 0. The summed E-state index contributed by atoms with van der Waals surface area (Å²) in [5.74, 6) is 2.19. The highest BCUT2D eigenvalue weighted by atomic mass is 16.2. The quantitative estimate of drug-likeness (QED) is 0.396. The Morgan fingerprint density at radius 3 is 1.87 bits per heavy atom. The van der Waals surface area contributed by atoms with Crippen LogP contribution in [0.25, 0.3) is 0 Å². The van der Waals surface area contributed by atoms with Gasteiger partial charge in [-0.05, 0) is 49.1 Å². The maximum atomic E-state index is 13.1. The van der Waals surface area contributed by atoms with E-state index in [0.29, 0.717) is 18.4 Å². The molecule has 1 aromatic rings. The number of rotatable bonds is 6. The van der Waals surface area contributed by atoms with Gasteiger partial charge < -0.3 is 4.90 Å². The van der Waals surface area contributed by atoms with E-state index in [0.717, 1.165) is 51.5 Å². The van der Waals surface area contributed by atoms with E-state index in [1.54, 1.807) is 17.3 Å². The molecule has 0 aromatic carbocycles. The average Bonchev–Trinajstić information content (AvgIpc) is 3.04. The molecule has 31 heavy (non-hydrogen) atoms. The van der Waals surface area contributed by atoms with Gasteiger partial charge in [0.05, 0.1) is 11.8 Å². The van der Waals surface area contributed by atoms with Crippen LogP contribution in [0.5, 0.6) is 0 Å². The number of piperazine rings is 1. The van der Waals surface area contributed by atoms with Crippen LogP contribution in [0.1, 0.15) is 12.8 Å². The number of likely N-dealkylation sites (tertiary alicyclic amines) is 1. The van der Waals surface area contributed by atoms with E-state index in [4.69, 9.17) is 0 Å². The molecule has 3 fully saturated rings. The Labute approximate surface area is 182 Å². The molecular formula is C24H29N5O2. The minimum absolute atomic E-state index is 0.0876. The fourth-order valence-electron chi connectivity index (χ4n) is 6.40. The largest absolute Gasteiger partial charge is 0.338 e. The average molecular weight is 420 g/mol. The molecule has 0 radical (unpaired) electrons. The molecule has 2 aliphatic heterocycles. The molecule has 6 atom stereocenters. The monoisotopic (exact) mass is 419 g/mol. The molecule has 0 spiro atoms. The number of carbonyl (C=O) groups excluding carboxylic acids is 2. The van der Waals surface area contributed by atoms with Crippen LogP contribution in [0.3, 0.4) is 0 Å². The van der Waals surface area contributed by atoms with Gasteiger partial charge in [-0.1, -0.05) is 24.3 Å². The molecule has 2 amide bonds. The van der Waals surface area contributed by atoms with Crippen LogP contribution in [0.2, 0.25) is 0 Å². The summed E-state index contributed by atoms with van der Waals surface area (Å²) < 4.78 is 0. The van der Waals surface area contributed by atoms with Crippen LogP contribution >= 0.6 is 0 Å². The van der Waals surface area contributed by atoms with E-state index in [2.05, 4.69) is 44.1 Å². The Morgan fingerprint density at radius 1 is 0.742 bits per heavy atom. The lowest BCUT2D eigenvalue weighted by molar-refractivity contribution is -0.140. The number of anilines is 1. The second-order valence-electron chi connectivity index (χ2n) is 9.54. The number of carbonyl (C=O) groups is 2. The maximum Gasteiger partial charge on any atom is 0.233 e. The molecule has 7 rings (SSSR count). The highest BCUT2D eigenvalue weighted by Crippen LogP contribution is 2.58. The fourth-order valence-corrected chi connectivity index (χ4v) is 6.40.